The van der Waals surface area contributed by atoms with Crippen molar-refractivity contribution in [2.75, 3.05) is 6.54 Å². The number of rotatable bonds is 6. The molecule has 0 atom stereocenters. The number of carbonyl (C=O) groups is 1. The molecule has 3 rings (SSSR count). The molecule has 2 aromatic carbocycles. The molecule has 6 nitrogen and oxygen atoms in total. The van der Waals surface area contributed by atoms with Gasteiger partial charge in [-0.05, 0) is 49.1 Å². The summed E-state index contributed by atoms with van der Waals surface area (Å²) in [6.45, 7) is 2.33. The number of phenols is 1. The SMILES string of the molecule is Cc1c(CCCNC(=O)OCc2ccccc2)c2cc(O)ccc2oc1=O. The van der Waals surface area contributed by atoms with Crippen LogP contribution < -0.4 is 10.9 Å². The molecule has 0 aliphatic rings. The van der Waals surface area contributed by atoms with Gasteiger partial charge in [-0.3, -0.25) is 0 Å². The maximum absolute atomic E-state index is 12.0. The van der Waals surface area contributed by atoms with Crippen molar-refractivity contribution in [1.82, 2.24) is 5.32 Å². The minimum absolute atomic E-state index is 0.111. The molecule has 1 aromatic heterocycles. The van der Waals surface area contributed by atoms with Crippen LogP contribution in [0.5, 0.6) is 5.75 Å². The van der Waals surface area contributed by atoms with Crippen LogP contribution in [0.4, 0.5) is 4.79 Å². The minimum Gasteiger partial charge on any atom is -0.508 e. The lowest BCUT2D eigenvalue weighted by Gasteiger charge is -2.10. The van der Waals surface area contributed by atoms with Crippen molar-refractivity contribution in [1.29, 1.82) is 0 Å². The summed E-state index contributed by atoms with van der Waals surface area (Å²) < 4.78 is 10.4. The molecule has 1 heterocycles. The number of alkyl carbamates (subject to hydrolysis) is 1. The van der Waals surface area contributed by atoms with E-state index in [1.54, 1.807) is 19.1 Å². The van der Waals surface area contributed by atoms with E-state index in [1.165, 1.54) is 6.07 Å². The molecule has 0 aliphatic heterocycles. The van der Waals surface area contributed by atoms with E-state index < -0.39 is 11.7 Å². The summed E-state index contributed by atoms with van der Waals surface area (Å²) in [5, 5.41) is 13.1. The van der Waals surface area contributed by atoms with Crippen molar-refractivity contribution in [3.63, 3.8) is 0 Å². The highest BCUT2D eigenvalue weighted by molar-refractivity contribution is 5.82. The molecular formula is C21H21NO5. The number of hydrogen-bond donors (Lipinski definition) is 2. The van der Waals surface area contributed by atoms with Crippen LogP contribution in [0.1, 0.15) is 23.1 Å². The Morgan fingerprint density at radius 1 is 1.19 bits per heavy atom. The molecule has 0 unspecified atom stereocenters. The zero-order valence-electron chi connectivity index (χ0n) is 15.0. The number of aromatic hydroxyl groups is 1. The molecule has 0 bridgehead atoms. The van der Waals surface area contributed by atoms with Gasteiger partial charge in [0.1, 0.15) is 17.9 Å². The number of phenolic OH excluding ortho intramolecular Hbond substituents is 1. The second kappa shape index (κ2) is 8.40. The van der Waals surface area contributed by atoms with Crippen molar-refractivity contribution in [3.8, 4) is 5.75 Å². The smallest absolute Gasteiger partial charge is 0.407 e. The maximum Gasteiger partial charge on any atom is 0.407 e. The summed E-state index contributed by atoms with van der Waals surface area (Å²) >= 11 is 0. The molecule has 1 amide bonds. The van der Waals surface area contributed by atoms with Gasteiger partial charge in [0, 0.05) is 17.5 Å². The molecule has 0 saturated heterocycles. The van der Waals surface area contributed by atoms with Crippen LogP contribution in [0.2, 0.25) is 0 Å². The van der Waals surface area contributed by atoms with E-state index in [1.807, 2.05) is 30.3 Å². The number of hydrogen-bond acceptors (Lipinski definition) is 5. The van der Waals surface area contributed by atoms with E-state index in [4.69, 9.17) is 9.15 Å². The second-order valence-corrected chi connectivity index (χ2v) is 6.27. The summed E-state index contributed by atoms with van der Waals surface area (Å²) in [6.07, 6.45) is 0.705. The first kappa shape index (κ1) is 18.5. The molecule has 0 radical (unpaired) electrons. The van der Waals surface area contributed by atoms with Crippen LogP contribution in [0, 0.1) is 6.92 Å². The number of carbonyl (C=O) groups excluding carboxylic acids is 1. The lowest BCUT2D eigenvalue weighted by Crippen LogP contribution is -2.25. The Labute approximate surface area is 156 Å². The van der Waals surface area contributed by atoms with Gasteiger partial charge in [-0.1, -0.05) is 30.3 Å². The fourth-order valence-corrected chi connectivity index (χ4v) is 2.90. The van der Waals surface area contributed by atoms with Crippen molar-refractivity contribution in [3.05, 3.63) is 75.6 Å². The van der Waals surface area contributed by atoms with Gasteiger partial charge in [0.05, 0.1) is 0 Å². The predicted molar refractivity (Wildman–Crippen MR) is 102 cm³/mol. The van der Waals surface area contributed by atoms with Gasteiger partial charge in [0.25, 0.3) is 0 Å². The lowest BCUT2D eigenvalue weighted by atomic mass is 10.0. The largest absolute Gasteiger partial charge is 0.508 e. The lowest BCUT2D eigenvalue weighted by molar-refractivity contribution is 0.139. The molecule has 3 aromatic rings. The van der Waals surface area contributed by atoms with E-state index in [0.29, 0.717) is 35.9 Å². The predicted octanol–water partition coefficient (Wildman–Crippen LogP) is 3.67. The molecule has 140 valence electrons. The topological polar surface area (TPSA) is 88.8 Å². The average Bonchev–Trinajstić information content (AvgIpc) is 2.67. The van der Waals surface area contributed by atoms with E-state index >= 15 is 0 Å². The fraction of sp³-hybridized carbons (Fsp3) is 0.238. The third-order valence-corrected chi connectivity index (χ3v) is 4.34. The number of fused-ring (bicyclic) bond motifs is 1. The van der Waals surface area contributed by atoms with Gasteiger partial charge in [-0.15, -0.1) is 0 Å². The quantitative estimate of drug-likeness (QED) is 0.513. The van der Waals surface area contributed by atoms with Crippen LogP contribution in [0.3, 0.4) is 0 Å². The van der Waals surface area contributed by atoms with Gasteiger partial charge < -0.3 is 19.6 Å². The first-order valence-corrected chi connectivity index (χ1v) is 8.74. The molecule has 0 fully saturated rings. The van der Waals surface area contributed by atoms with Crippen LogP contribution in [0.25, 0.3) is 11.0 Å². The third kappa shape index (κ3) is 4.67. The Hall–Kier alpha value is -3.28. The highest BCUT2D eigenvalue weighted by Crippen LogP contribution is 2.25. The molecule has 6 heteroatoms. The Kier molecular flexibility index (Phi) is 5.76. The van der Waals surface area contributed by atoms with E-state index in [0.717, 1.165) is 11.1 Å². The van der Waals surface area contributed by atoms with Gasteiger partial charge in [0.15, 0.2) is 0 Å². The zero-order chi connectivity index (χ0) is 19.2. The van der Waals surface area contributed by atoms with Crippen LogP contribution in [-0.4, -0.2) is 17.7 Å². The zero-order valence-corrected chi connectivity index (χ0v) is 15.0. The molecular weight excluding hydrogens is 346 g/mol. The Morgan fingerprint density at radius 3 is 2.74 bits per heavy atom. The molecule has 0 saturated carbocycles. The molecule has 0 aliphatic carbocycles. The molecule has 2 N–H and O–H groups in total. The number of benzene rings is 2. The highest BCUT2D eigenvalue weighted by Gasteiger charge is 2.12. The maximum atomic E-state index is 12.0. The van der Waals surface area contributed by atoms with Gasteiger partial charge in [-0.2, -0.15) is 0 Å². The van der Waals surface area contributed by atoms with E-state index in [9.17, 15) is 14.7 Å². The summed E-state index contributed by atoms with van der Waals surface area (Å²) in [5.74, 6) is 0.111. The first-order chi connectivity index (χ1) is 13.0. The third-order valence-electron chi connectivity index (χ3n) is 4.34. The first-order valence-electron chi connectivity index (χ1n) is 8.74. The summed E-state index contributed by atoms with van der Waals surface area (Å²) in [4.78, 5) is 23.8. The number of amides is 1. The van der Waals surface area contributed by atoms with E-state index in [-0.39, 0.29) is 12.4 Å². The number of aryl methyl sites for hydroxylation is 1. The van der Waals surface area contributed by atoms with Gasteiger partial charge >= 0.3 is 11.7 Å². The van der Waals surface area contributed by atoms with Crippen molar-refractivity contribution >= 4 is 17.1 Å². The Balaban J connectivity index is 1.56. The standard InChI is InChI=1S/C21H21NO5/c1-14-17(18-12-16(23)9-10-19(18)27-20(14)24)8-5-11-22-21(25)26-13-15-6-3-2-4-7-15/h2-4,6-7,9-10,12,23H,5,8,11,13H2,1H3,(H,22,25). The van der Waals surface area contributed by atoms with Crippen molar-refractivity contribution in [2.45, 2.75) is 26.4 Å². The van der Waals surface area contributed by atoms with Crippen LogP contribution in [0.15, 0.2) is 57.7 Å². The number of ether oxygens (including phenoxy) is 1. The fourth-order valence-electron chi connectivity index (χ4n) is 2.90. The monoisotopic (exact) mass is 367 g/mol. The highest BCUT2D eigenvalue weighted by atomic mass is 16.5. The summed E-state index contributed by atoms with van der Waals surface area (Å²) in [6, 6.07) is 14.1. The summed E-state index contributed by atoms with van der Waals surface area (Å²) in [5.41, 5.74) is 2.30. The normalized spacial score (nSPS) is 10.7. The van der Waals surface area contributed by atoms with Gasteiger partial charge in [0.2, 0.25) is 0 Å². The Bertz CT molecular complexity index is 995. The van der Waals surface area contributed by atoms with E-state index in [2.05, 4.69) is 5.32 Å². The Morgan fingerprint density at radius 2 is 1.96 bits per heavy atom. The minimum atomic E-state index is -0.481. The molecule has 27 heavy (non-hydrogen) atoms. The molecule has 0 spiro atoms. The number of nitrogens with one attached hydrogen (secondary N) is 1. The second-order valence-electron chi connectivity index (χ2n) is 6.27. The van der Waals surface area contributed by atoms with Crippen molar-refractivity contribution < 1.29 is 19.1 Å². The summed E-state index contributed by atoms with van der Waals surface area (Å²) in [7, 11) is 0. The van der Waals surface area contributed by atoms with Crippen molar-refractivity contribution in [2.24, 2.45) is 0 Å². The average molecular weight is 367 g/mol. The van der Waals surface area contributed by atoms with Gasteiger partial charge in [-0.25, -0.2) is 9.59 Å². The van der Waals surface area contributed by atoms with Crippen LogP contribution >= 0.6 is 0 Å². The van der Waals surface area contributed by atoms with Crippen LogP contribution in [-0.2, 0) is 17.8 Å².